The topological polar surface area (TPSA) is 85.9 Å². The first-order valence-corrected chi connectivity index (χ1v) is 11.4. The molecule has 176 valence electrons. The van der Waals surface area contributed by atoms with Gasteiger partial charge in [-0.3, -0.25) is 9.59 Å². The summed E-state index contributed by atoms with van der Waals surface area (Å²) in [5.41, 5.74) is 1.27. The number of carbonyl (C=O) groups excluding carboxylic acids is 2. The third kappa shape index (κ3) is 6.59. The van der Waals surface area contributed by atoms with Crippen LogP contribution in [0.2, 0.25) is 0 Å². The zero-order chi connectivity index (χ0) is 23.6. The molecule has 1 atom stereocenters. The first kappa shape index (κ1) is 23.3. The van der Waals surface area contributed by atoms with E-state index >= 15 is 0 Å². The molecule has 0 bridgehead atoms. The number of rotatable bonds is 10. The Hall–Kier alpha value is -3.84. The first-order valence-electron chi connectivity index (χ1n) is 11.4. The predicted molar refractivity (Wildman–Crippen MR) is 130 cm³/mol. The van der Waals surface area contributed by atoms with Crippen LogP contribution in [-0.2, 0) is 4.74 Å². The van der Waals surface area contributed by atoms with E-state index in [4.69, 9.17) is 14.2 Å². The maximum absolute atomic E-state index is 12.9. The summed E-state index contributed by atoms with van der Waals surface area (Å²) in [5.74, 6) is 0.761. The molecule has 0 aliphatic carbocycles. The van der Waals surface area contributed by atoms with Crippen LogP contribution in [0, 0.1) is 0 Å². The number of hydrogen-bond donors (Lipinski definition) is 2. The van der Waals surface area contributed by atoms with Crippen molar-refractivity contribution in [3.05, 3.63) is 90.0 Å². The summed E-state index contributed by atoms with van der Waals surface area (Å²) in [6.07, 6.45) is 2.00. The maximum Gasteiger partial charge on any atom is 0.255 e. The van der Waals surface area contributed by atoms with E-state index in [1.54, 1.807) is 48.5 Å². The molecule has 3 aromatic carbocycles. The lowest BCUT2D eigenvalue weighted by Crippen LogP contribution is -2.32. The normalized spacial score (nSPS) is 14.9. The molecule has 0 saturated carbocycles. The Bertz CT molecular complexity index is 1100. The summed E-state index contributed by atoms with van der Waals surface area (Å²) in [6.45, 7) is 1.91. The number of anilines is 1. The Balaban J connectivity index is 1.32. The molecule has 0 radical (unpaired) electrons. The lowest BCUT2D eigenvalue weighted by Gasteiger charge is -2.14. The van der Waals surface area contributed by atoms with Crippen molar-refractivity contribution < 1.29 is 23.8 Å². The van der Waals surface area contributed by atoms with E-state index in [0.717, 1.165) is 25.2 Å². The maximum atomic E-state index is 12.9. The van der Waals surface area contributed by atoms with Crippen molar-refractivity contribution in [2.75, 3.05) is 31.7 Å². The highest BCUT2D eigenvalue weighted by Crippen LogP contribution is 2.19. The molecule has 34 heavy (non-hydrogen) atoms. The van der Waals surface area contributed by atoms with Crippen LogP contribution in [-0.4, -0.2) is 44.3 Å². The van der Waals surface area contributed by atoms with Gasteiger partial charge in [0, 0.05) is 18.7 Å². The van der Waals surface area contributed by atoms with E-state index in [0.29, 0.717) is 42.3 Å². The van der Waals surface area contributed by atoms with Crippen molar-refractivity contribution in [1.29, 1.82) is 0 Å². The van der Waals surface area contributed by atoms with Gasteiger partial charge < -0.3 is 24.8 Å². The van der Waals surface area contributed by atoms with Crippen LogP contribution < -0.4 is 20.1 Å². The summed E-state index contributed by atoms with van der Waals surface area (Å²) in [4.78, 5) is 25.6. The smallest absolute Gasteiger partial charge is 0.255 e. The van der Waals surface area contributed by atoms with Gasteiger partial charge in [0.25, 0.3) is 11.8 Å². The molecule has 1 aliphatic rings. The van der Waals surface area contributed by atoms with Gasteiger partial charge in [0.2, 0.25) is 0 Å². The van der Waals surface area contributed by atoms with E-state index in [1.807, 2.05) is 30.3 Å². The number of hydrogen-bond acceptors (Lipinski definition) is 5. The van der Waals surface area contributed by atoms with Crippen molar-refractivity contribution in [1.82, 2.24) is 5.32 Å². The van der Waals surface area contributed by atoms with Crippen LogP contribution in [0.3, 0.4) is 0 Å². The average Bonchev–Trinajstić information content (AvgIpc) is 3.40. The summed E-state index contributed by atoms with van der Waals surface area (Å²) in [5, 5.41) is 5.74. The number of nitrogens with one attached hydrogen (secondary N) is 2. The first-order chi connectivity index (χ1) is 16.7. The zero-order valence-electron chi connectivity index (χ0n) is 18.9. The molecule has 1 fully saturated rings. The molecule has 1 heterocycles. The summed E-state index contributed by atoms with van der Waals surface area (Å²) in [6, 6.07) is 23.3. The van der Waals surface area contributed by atoms with E-state index in [1.165, 1.54) is 0 Å². The largest absolute Gasteiger partial charge is 0.490 e. The Labute approximate surface area is 199 Å². The minimum absolute atomic E-state index is 0.0477. The van der Waals surface area contributed by atoms with Gasteiger partial charge in [0.15, 0.2) is 0 Å². The molecule has 3 aromatic rings. The molecular weight excluding hydrogens is 432 g/mol. The molecule has 0 unspecified atom stereocenters. The molecular formula is C27H28N2O5. The highest BCUT2D eigenvalue weighted by molar-refractivity contribution is 6.09. The second-order valence-electron chi connectivity index (χ2n) is 7.88. The van der Waals surface area contributed by atoms with Crippen LogP contribution in [0.25, 0.3) is 0 Å². The van der Waals surface area contributed by atoms with Crippen LogP contribution in [0.5, 0.6) is 11.5 Å². The Morgan fingerprint density at radius 3 is 2.38 bits per heavy atom. The van der Waals surface area contributed by atoms with Gasteiger partial charge >= 0.3 is 0 Å². The molecule has 1 saturated heterocycles. The van der Waals surface area contributed by atoms with Gasteiger partial charge in [0.05, 0.1) is 17.4 Å². The zero-order valence-corrected chi connectivity index (χ0v) is 18.9. The third-order valence-electron chi connectivity index (χ3n) is 5.39. The molecule has 0 aromatic heterocycles. The molecule has 2 N–H and O–H groups in total. The summed E-state index contributed by atoms with van der Waals surface area (Å²) < 4.78 is 16.9. The summed E-state index contributed by atoms with van der Waals surface area (Å²) in [7, 11) is 0. The molecule has 2 amide bonds. The van der Waals surface area contributed by atoms with Crippen molar-refractivity contribution in [3.8, 4) is 11.5 Å². The fraction of sp³-hybridized carbons (Fsp3) is 0.259. The second-order valence-corrected chi connectivity index (χ2v) is 7.88. The van der Waals surface area contributed by atoms with E-state index < -0.39 is 0 Å². The fourth-order valence-electron chi connectivity index (χ4n) is 3.65. The lowest BCUT2D eigenvalue weighted by molar-refractivity contribution is 0.0858. The Kier molecular flexibility index (Phi) is 8.13. The molecule has 1 aliphatic heterocycles. The molecule has 0 spiro atoms. The fourth-order valence-corrected chi connectivity index (χ4v) is 3.65. The third-order valence-corrected chi connectivity index (χ3v) is 5.39. The number of carbonyl (C=O) groups is 2. The highest BCUT2D eigenvalue weighted by Gasteiger charge is 2.19. The Morgan fingerprint density at radius 1 is 0.853 bits per heavy atom. The quantitative estimate of drug-likeness (QED) is 0.441. The minimum atomic E-state index is -0.328. The average molecular weight is 461 g/mol. The van der Waals surface area contributed by atoms with E-state index in [2.05, 4.69) is 10.6 Å². The molecule has 7 heteroatoms. The summed E-state index contributed by atoms with van der Waals surface area (Å²) >= 11 is 0. The number of benzene rings is 3. The van der Waals surface area contributed by atoms with Crippen molar-refractivity contribution in [3.63, 3.8) is 0 Å². The van der Waals surface area contributed by atoms with Crippen LogP contribution in [0.1, 0.15) is 33.6 Å². The van der Waals surface area contributed by atoms with Crippen molar-refractivity contribution >= 4 is 17.5 Å². The standard InChI is InChI=1S/C27H28N2O5/c30-26(20-8-6-11-22(18-20)34-17-16-33-21-9-2-1-3-10-21)29-25-14-5-4-13-24(25)27(31)28-19-23-12-7-15-32-23/h1-6,8-11,13-14,18,23H,7,12,15-17,19H2,(H,28,31)(H,29,30)/t23-/m1/s1. The second kappa shape index (κ2) is 11.9. The van der Waals surface area contributed by atoms with E-state index in [9.17, 15) is 9.59 Å². The van der Waals surface area contributed by atoms with Gasteiger partial charge in [-0.2, -0.15) is 0 Å². The van der Waals surface area contributed by atoms with Crippen LogP contribution >= 0.6 is 0 Å². The van der Waals surface area contributed by atoms with Gasteiger partial charge in [-0.15, -0.1) is 0 Å². The highest BCUT2D eigenvalue weighted by atomic mass is 16.5. The van der Waals surface area contributed by atoms with Crippen molar-refractivity contribution in [2.45, 2.75) is 18.9 Å². The molecule has 7 nitrogen and oxygen atoms in total. The molecule has 4 rings (SSSR count). The van der Waals surface area contributed by atoms with E-state index in [-0.39, 0.29) is 17.9 Å². The van der Waals surface area contributed by atoms with Gasteiger partial charge in [-0.25, -0.2) is 0 Å². The minimum Gasteiger partial charge on any atom is -0.490 e. The number of para-hydroxylation sites is 2. The van der Waals surface area contributed by atoms with Crippen LogP contribution in [0.4, 0.5) is 5.69 Å². The predicted octanol–water partition coefficient (Wildman–Crippen LogP) is 4.31. The SMILES string of the molecule is O=C(Nc1ccccc1C(=O)NC[C@H]1CCCO1)c1cccc(OCCOc2ccccc2)c1. The van der Waals surface area contributed by atoms with Gasteiger partial charge in [-0.1, -0.05) is 36.4 Å². The van der Waals surface area contributed by atoms with Crippen LogP contribution in [0.15, 0.2) is 78.9 Å². The van der Waals surface area contributed by atoms with Gasteiger partial charge in [0.1, 0.15) is 24.7 Å². The van der Waals surface area contributed by atoms with Crippen molar-refractivity contribution in [2.24, 2.45) is 0 Å². The number of amides is 2. The number of ether oxygens (including phenoxy) is 3. The monoisotopic (exact) mass is 460 g/mol. The Morgan fingerprint density at radius 2 is 1.59 bits per heavy atom. The lowest BCUT2D eigenvalue weighted by atomic mass is 10.1. The van der Waals surface area contributed by atoms with Gasteiger partial charge in [-0.05, 0) is 55.3 Å².